The highest BCUT2D eigenvalue weighted by Crippen LogP contribution is 2.27. The van der Waals surface area contributed by atoms with Crippen LogP contribution < -0.4 is 5.73 Å². The fraction of sp³-hybridized carbons (Fsp3) is 0.583. The number of anilines is 1. The molecule has 0 saturated carbocycles. The molecule has 0 amide bonds. The molecule has 1 fully saturated rings. The van der Waals surface area contributed by atoms with Crippen LogP contribution in [0.3, 0.4) is 0 Å². The van der Waals surface area contributed by atoms with Crippen molar-refractivity contribution in [3.63, 3.8) is 0 Å². The largest absolute Gasteiger partial charge is 0.396 e. The Labute approximate surface area is 114 Å². The van der Waals surface area contributed by atoms with E-state index in [9.17, 15) is 8.42 Å². The van der Waals surface area contributed by atoms with Crippen molar-refractivity contribution in [2.24, 2.45) is 5.92 Å². The molecule has 6 nitrogen and oxygen atoms in total. The Kier molecular flexibility index (Phi) is 3.80. The average molecular weight is 284 g/mol. The van der Waals surface area contributed by atoms with Gasteiger partial charge in [-0.3, -0.25) is 0 Å². The molecule has 0 spiro atoms. The van der Waals surface area contributed by atoms with Crippen molar-refractivity contribution in [2.45, 2.75) is 18.0 Å². The maximum Gasteiger partial charge on any atom is 0.262 e. The van der Waals surface area contributed by atoms with Gasteiger partial charge in [0.15, 0.2) is 5.03 Å². The number of rotatable bonds is 3. The van der Waals surface area contributed by atoms with Crippen molar-refractivity contribution in [1.82, 2.24) is 14.2 Å². The normalized spacial score (nSPS) is 25.1. The number of nitrogens with zero attached hydrogens (tertiary/aromatic N) is 3. The monoisotopic (exact) mass is 284 g/mol. The second kappa shape index (κ2) is 5.07. The molecule has 1 saturated heterocycles. The van der Waals surface area contributed by atoms with Crippen LogP contribution in [0.4, 0.5) is 5.69 Å². The van der Waals surface area contributed by atoms with Crippen molar-refractivity contribution >= 4 is 15.7 Å². The number of hydrogen-bond donors (Lipinski definition) is 1. The molecule has 0 radical (unpaired) electrons. The summed E-state index contributed by atoms with van der Waals surface area (Å²) in [7, 11) is 0.331. The molecule has 1 aromatic heterocycles. The van der Waals surface area contributed by atoms with Crippen molar-refractivity contribution in [3.8, 4) is 0 Å². The lowest BCUT2D eigenvalue weighted by atomic mass is 10.1. The highest BCUT2D eigenvalue weighted by Gasteiger charge is 2.39. The van der Waals surface area contributed by atoms with Gasteiger partial charge in [0, 0.05) is 25.3 Å². The molecule has 2 unspecified atom stereocenters. The van der Waals surface area contributed by atoms with E-state index in [0.717, 1.165) is 0 Å². The maximum absolute atomic E-state index is 12.5. The maximum atomic E-state index is 12.5. The van der Waals surface area contributed by atoms with Crippen LogP contribution in [0.15, 0.2) is 23.4 Å². The third kappa shape index (κ3) is 2.58. The Morgan fingerprint density at radius 2 is 2.11 bits per heavy atom. The van der Waals surface area contributed by atoms with E-state index >= 15 is 0 Å². The summed E-state index contributed by atoms with van der Waals surface area (Å²) < 4.78 is 26.5. The van der Waals surface area contributed by atoms with Gasteiger partial charge in [-0.1, -0.05) is 6.92 Å². The van der Waals surface area contributed by atoms with Gasteiger partial charge in [-0.15, -0.1) is 0 Å². The molecule has 2 N–H and O–H groups in total. The molecule has 106 valence electrons. The van der Waals surface area contributed by atoms with Crippen LogP contribution in [0.5, 0.6) is 0 Å². The van der Waals surface area contributed by atoms with Gasteiger partial charge < -0.3 is 10.6 Å². The van der Waals surface area contributed by atoms with Crippen molar-refractivity contribution < 1.29 is 8.42 Å². The second-order valence-corrected chi connectivity index (χ2v) is 7.08. The lowest BCUT2D eigenvalue weighted by molar-refractivity contribution is 0.263. The Morgan fingerprint density at radius 1 is 1.42 bits per heavy atom. The second-order valence-electron chi connectivity index (χ2n) is 5.23. The summed E-state index contributed by atoms with van der Waals surface area (Å²) in [5.41, 5.74) is 5.92. The van der Waals surface area contributed by atoms with E-state index in [1.165, 1.54) is 10.5 Å². The standard InChI is InChI=1S/C12H20N4O2S/c1-9-7-16(8-11(9)15(2)3)19(17,18)12-10(13)5-4-6-14-12/h4-6,9,11H,7-8,13H2,1-3H3. The van der Waals surface area contributed by atoms with E-state index in [2.05, 4.69) is 16.8 Å². The molecule has 19 heavy (non-hydrogen) atoms. The number of hydrogen-bond acceptors (Lipinski definition) is 5. The summed E-state index contributed by atoms with van der Waals surface area (Å²) in [6.07, 6.45) is 1.45. The van der Waals surface area contributed by atoms with E-state index < -0.39 is 10.0 Å². The topological polar surface area (TPSA) is 79.5 Å². The minimum Gasteiger partial charge on any atom is -0.396 e. The zero-order valence-electron chi connectivity index (χ0n) is 11.4. The van der Waals surface area contributed by atoms with Crippen molar-refractivity contribution in [1.29, 1.82) is 0 Å². The van der Waals surface area contributed by atoms with Crippen LogP contribution in [0.2, 0.25) is 0 Å². The Bertz CT molecular complexity index is 559. The van der Waals surface area contributed by atoms with Gasteiger partial charge in [0.25, 0.3) is 10.0 Å². The Hall–Kier alpha value is -1.18. The zero-order chi connectivity index (χ0) is 14.2. The van der Waals surface area contributed by atoms with Gasteiger partial charge in [-0.2, -0.15) is 4.31 Å². The molecule has 0 aromatic carbocycles. The zero-order valence-corrected chi connectivity index (χ0v) is 12.3. The quantitative estimate of drug-likeness (QED) is 0.860. The summed E-state index contributed by atoms with van der Waals surface area (Å²) >= 11 is 0. The third-order valence-electron chi connectivity index (χ3n) is 3.59. The van der Waals surface area contributed by atoms with Gasteiger partial charge in [-0.25, -0.2) is 13.4 Å². The van der Waals surface area contributed by atoms with E-state index in [1.807, 2.05) is 14.1 Å². The smallest absolute Gasteiger partial charge is 0.262 e. The molecule has 1 aliphatic heterocycles. The number of nitrogen functional groups attached to an aromatic ring is 1. The summed E-state index contributed by atoms with van der Waals surface area (Å²) in [4.78, 5) is 5.98. The molecule has 1 aliphatic rings. The Balaban J connectivity index is 2.30. The predicted octanol–water partition coefficient (Wildman–Crippen LogP) is 0.234. The summed E-state index contributed by atoms with van der Waals surface area (Å²) in [6.45, 7) is 3.04. The molecule has 1 aromatic rings. The van der Waals surface area contributed by atoms with Gasteiger partial charge in [0.1, 0.15) is 0 Å². The van der Waals surface area contributed by atoms with Gasteiger partial charge in [-0.05, 0) is 32.1 Å². The molecule has 2 heterocycles. The van der Waals surface area contributed by atoms with E-state index in [-0.39, 0.29) is 22.7 Å². The van der Waals surface area contributed by atoms with Gasteiger partial charge in [0.2, 0.25) is 0 Å². The first-order valence-corrected chi connectivity index (χ1v) is 7.65. The number of nitrogens with two attached hydrogens (primary N) is 1. The van der Waals surface area contributed by atoms with E-state index in [4.69, 9.17) is 5.73 Å². The third-order valence-corrected chi connectivity index (χ3v) is 5.40. The van der Waals surface area contributed by atoms with Crippen LogP contribution >= 0.6 is 0 Å². The number of likely N-dealkylation sites (N-methyl/N-ethyl adjacent to an activating group) is 1. The van der Waals surface area contributed by atoms with E-state index in [1.54, 1.807) is 12.1 Å². The van der Waals surface area contributed by atoms with E-state index in [0.29, 0.717) is 13.1 Å². The predicted molar refractivity (Wildman–Crippen MR) is 74.0 cm³/mol. The fourth-order valence-electron chi connectivity index (χ4n) is 2.52. The molecule has 0 aliphatic carbocycles. The number of aromatic nitrogens is 1. The molecule has 0 bridgehead atoms. The summed E-state index contributed by atoms with van der Waals surface area (Å²) in [5.74, 6) is 0.287. The van der Waals surface area contributed by atoms with Gasteiger partial charge in [0.05, 0.1) is 5.69 Å². The number of pyridine rings is 1. The fourth-order valence-corrected chi connectivity index (χ4v) is 4.10. The summed E-state index contributed by atoms with van der Waals surface area (Å²) in [6, 6.07) is 3.41. The molecular formula is C12H20N4O2S. The van der Waals surface area contributed by atoms with Crippen LogP contribution in [-0.4, -0.2) is 55.8 Å². The lowest BCUT2D eigenvalue weighted by Crippen LogP contribution is -2.36. The first-order chi connectivity index (χ1) is 8.84. The molecular weight excluding hydrogens is 264 g/mol. The Morgan fingerprint density at radius 3 is 2.63 bits per heavy atom. The minimum absolute atomic E-state index is 0.0402. The highest BCUT2D eigenvalue weighted by atomic mass is 32.2. The lowest BCUT2D eigenvalue weighted by Gasteiger charge is -2.22. The number of sulfonamides is 1. The van der Waals surface area contributed by atoms with Crippen molar-refractivity contribution in [2.75, 3.05) is 32.9 Å². The van der Waals surface area contributed by atoms with Crippen LogP contribution in [0.25, 0.3) is 0 Å². The minimum atomic E-state index is -3.60. The van der Waals surface area contributed by atoms with Crippen LogP contribution in [0, 0.1) is 5.92 Å². The molecule has 7 heteroatoms. The SMILES string of the molecule is CC1CN(S(=O)(=O)c2ncccc2N)CC1N(C)C. The van der Waals surface area contributed by atoms with Gasteiger partial charge >= 0.3 is 0 Å². The highest BCUT2D eigenvalue weighted by molar-refractivity contribution is 7.89. The summed E-state index contributed by atoms with van der Waals surface area (Å²) in [5, 5.41) is -0.0402. The first kappa shape index (κ1) is 14.2. The van der Waals surface area contributed by atoms with Crippen molar-refractivity contribution in [3.05, 3.63) is 18.3 Å². The molecule has 2 rings (SSSR count). The van der Waals surface area contributed by atoms with Crippen LogP contribution in [0.1, 0.15) is 6.92 Å². The first-order valence-electron chi connectivity index (χ1n) is 6.21. The average Bonchev–Trinajstić information content (AvgIpc) is 2.72. The molecule has 2 atom stereocenters. The van der Waals surface area contributed by atoms with Crippen LogP contribution in [-0.2, 0) is 10.0 Å².